The summed E-state index contributed by atoms with van der Waals surface area (Å²) < 4.78 is 18.9. The molecular weight excluding hydrogens is 267 g/mol. The quantitative estimate of drug-likeness (QED) is 0.683. The number of nitrogens with one attached hydrogen (secondary N) is 1. The maximum atomic E-state index is 13.6. The van der Waals surface area contributed by atoms with E-state index in [1.165, 1.54) is 12.1 Å². The third-order valence-electron chi connectivity index (χ3n) is 2.52. The second kappa shape index (κ2) is 5.47. The smallest absolute Gasteiger partial charge is 0.311 e. The Morgan fingerprint density at radius 3 is 2.85 bits per heavy atom. The first kappa shape index (κ1) is 13.7. The number of hydrogen-bond acceptors (Lipinski definition) is 6. The van der Waals surface area contributed by atoms with Gasteiger partial charge in [-0.15, -0.1) is 0 Å². The van der Waals surface area contributed by atoms with E-state index in [1.807, 2.05) is 0 Å². The fraction of sp³-hybridized carbons (Fsp3) is 0.167. The first-order valence-corrected chi connectivity index (χ1v) is 5.65. The van der Waals surface area contributed by atoms with Gasteiger partial charge in [-0.2, -0.15) is 9.37 Å². The number of rotatable bonds is 4. The van der Waals surface area contributed by atoms with Gasteiger partial charge in [0.25, 0.3) is 5.88 Å². The van der Waals surface area contributed by atoms with Crippen LogP contribution in [-0.2, 0) is 0 Å². The van der Waals surface area contributed by atoms with Crippen molar-refractivity contribution in [2.24, 2.45) is 0 Å². The van der Waals surface area contributed by atoms with Crippen LogP contribution in [0.1, 0.15) is 5.56 Å². The summed E-state index contributed by atoms with van der Waals surface area (Å²) in [5.41, 5.74) is 0.247. The molecule has 0 aliphatic carbocycles. The molecule has 1 aromatic carbocycles. The van der Waals surface area contributed by atoms with Crippen molar-refractivity contribution in [3.05, 3.63) is 45.9 Å². The summed E-state index contributed by atoms with van der Waals surface area (Å²) in [7, 11) is 1.56. The van der Waals surface area contributed by atoms with Gasteiger partial charge in [-0.25, -0.2) is 4.98 Å². The Balaban J connectivity index is 2.47. The zero-order valence-corrected chi connectivity index (χ0v) is 10.8. The van der Waals surface area contributed by atoms with Crippen molar-refractivity contribution in [1.29, 1.82) is 0 Å². The van der Waals surface area contributed by atoms with E-state index in [0.717, 1.165) is 6.20 Å². The van der Waals surface area contributed by atoms with Crippen molar-refractivity contribution in [2.45, 2.75) is 6.92 Å². The van der Waals surface area contributed by atoms with Gasteiger partial charge in [0, 0.05) is 13.1 Å². The summed E-state index contributed by atoms with van der Waals surface area (Å²) >= 11 is 0. The number of halogens is 1. The molecule has 0 radical (unpaired) electrons. The minimum atomic E-state index is -0.804. The van der Waals surface area contributed by atoms with Crippen LogP contribution in [0.2, 0.25) is 0 Å². The van der Waals surface area contributed by atoms with Gasteiger partial charge < -0.3 is 10.1 Å². The summed E-state index contributed by atoms with van der Waals surface area (Å²) in [6.07, 6.45) is 0.929. The Morgan fingerprint density at radius 2 is 2.20 bits per heavy atom. The third kappa shape index (κ3) is 2.63. The number of anilines is 1. The molecule has 0 saturated carbocycles. The predicted octanol–water partition coefficient (Wildman–Crippen LogP) is 2.67. The molecule has 0 bridgehead atoms. The van der Waals surface area contributed by atoms with Gasteiger partial charge in [0.05, 0.1) is 11.1 Å². The van der Waals surface area contributed by atoms with E-state index >= 15 is 0 Å². The van der Waals surface area contributed by atoms with E-state index in [0.29, 0.717) is 5.56 Å². The number of para-hydroxylation sites is 1. The fourth-order valence-corrected chi connectivity index (χ4v) is 1.55. The number of ether oxygens (including phenoxy) is 1. The first-order chi connectivity index (χ1) is 9.52. The number of hydrogen-bond donors (Lipinski definition) is 1. The summed E-state index contributed by atoms with van der Waals surface area (Å²) in [5.74, 6) is -1.07. The van der Waals surface area contributed by atoms with E-state index in [-0.39, 0.29) is 23.3 Å². The van der Waals surface area contributed by atoms with Gasteiger partial charge in [-0.05, 0) is 12.5 Å². The van der Waals surface area contributed by atoms with Crippen molar-refractivity contribution < 1.29 is 14.1 Å². The number of aromatic nitrogens is 2. The number of nitro benzene ring substituents is 1. The molecule has 1 heterocycles. The molecule has 0 unspecified atom stereocenters. The second-order valence-electron chi connectivity index (χ2n) is 3.88. The molecule has 20 heavy (non-hydrogen) atoms. The van der Waals surface area contributed by atoms with Crippen LogP contribution in [0.15, 0.2) is 24.4 Å². The molecule has 2 aromatic rings. The van der Waals surface area contributed by atoms with Crippen molar-refractivity contribution in [3.8, 4) is 11.6 Å². The molecule has 0 aliphatic rings. The number of nitro groups is 1. The third-order valence-corrected chi connectivity index (χ3v) is 2.52. The van der Waals surface area contributed by atoms with Crippen LogP contribution < -0.4 is 10.1 Å². The lowest BCUT2D eigenvalue weighted by atomic mass is 10.2. The van der Waals surface area contributed by atoms with Crippen LogP contribution >= 0.6 is 0 Å². The van der Waals surface area contributed by atoms with Crippen LogP contribution in [0.3, 0.4) is 0 Å². The average Bonchev–Trinajstić information content (AvgIpc) is 2.43. The fourth-order valence-electron chi connectivity index (χ4n) is 1.55. The van der Waals surface area contributed by atoms with Gasteiger partial charge in [0.15, 0.2) is 0 Å². The van der Waals surface area contributed by atoms with Crippen molar-refractivity contribution in [1.82, 2.24) is 9.97 Å². The Hall–Kier alpha value is -2.77. The highest BCUT2D eigenvalue weighted by atomic mass is 19.1. The first-order valence-electron chi connectivity index (χ1n) is 5.65. The molecule has 1 N–H and O–H groups in total. The zero-order chi connectivity index (χ0) is 14.7. The molecule has 0 saturated heterocycles. The van der Waals surface area contributed by atoms with Crippen molar-refractivity contribution in [2.75, 3.05) is 12.4 Å². The van der Waals surface area contributed by atoms with Gasteiger partial charge in [-0.1, -0.05) is 12.1 Å². The molecule has 8 heteroatoms. The molecule has 0 amide bonds. The van der Waals surface area contributed by atoms with Crippen molar-refractivity contribution in [3.63, 3.8) is 0 Å². The highest BCUT2D eigenvalue weighted by molar-refractivity contribution is 5.52. The molecule has 1 aromatic heterocycles. The van der Waals surface area contributed by atoms with E-state index in [1.54, 1.807) is 20.0 Å². The summed E-state index contributed by atoms with van der Waals surface area (Å²) in [5, 5.41) is 13.6. The lowest BCUT2D eigenvalue weighted by Gasteiger charge is -2.09. The molecule has 0 spiro atoms. The molecule has 0 aliphatic heterocycles. The highest BCUT2D eigenvalue weighted by Crippen LogP contribution is 2.34. The number of aryl methyl sites for hydroxylation is 1. The van der Waals surface area contributed by atoms with Crippen molar-refractivity contribution >= 4 is 11.6 Å². The van der Waals surface area contributed by atoms with Crippen LogP contribution in [0, 0.1) is 22.9 Å². The summed E-state index contributed by atoms with van der Waals surface area (Å²) in [6.45, 7) is 1.63. The zero-order valence-electron chi connectivity index (χ0n) is 10.8. The Labute approximate surface area is 113 Å². The summed E-state index contributed by atoms with van der Waals surface area (Å²) in [4.78, 5) is 17.8. The molecule has 2 rings (SSSR count). The lowest BCUT2D eigenvalue weighted by Crippen LogP contribution is -2.02. The maximum Gasteiger partial charge on any atom is 0.311 e. The standard InChI is InChI=1S/C12H11FN4O3/c1-7-4-3-5-9(17(18)19)10(7)20-11-8(13)6-15-12(14-2)16-11/h3-6H,1-2H3,(H,14,15,16). The molecule has 0 atom stereocenters. The van der Waals surface area contributed by atoms with Gasteiger partial charge in [-0.3, -0.25) is 10.1 Å². The largest absolute Gasteiger partial charge is 0.429 e. The van der Waals surface area contributed by atoms with Gasteiger partial charge >= 0.3 is 5.69 Å². The van der Waals surface area contributed by atoms with E-state index in [2.05, 4.69) is 15.3 Å². The normalized spacial score (nSPS) is 10.2. The highest BCUT2D eigenvalue weighted by Gasteiger charge is 2.20. The maximum absolute atomic E-state index is 13.6. The minimum Gasteiger partial charge on any atom is -0.429 e. The van der Waals surface area contributed by atoms with Crippen LogP contribution in [0.4, 0.5) is 16.0 Å². The predicted molar refractivity (Wildman–Crippen MR) is 69.4 cm³/mol. The molecule has 104 valence electrons. The van der Waals surface area contributed by atoms with Crippen LogP contribution in [0.25, 0.3) is 0 Å². The molecular formula is C12H11FN4O3. The number of benzene rings is 1. The monoisotopic (exact) mass is 278 g/mol. The average molecular weight is 278 g/mol. The van der Waals surface area contributed by atoms with Gasteiger partial charge in [0.1, 0.15) is 0 Å². The Morgan fingerprint density at radius 1 is 1.45 bits per heavy atom. The van der Waals surface area contributed by atoms with Crippen LogP contribution in [-0.4, -0.2) is 21.9 Å². The minimum absolute atomic E-state index is 0.0443. The summed E-state index contributed by atoms with van der Waals surface area (Å²) in [6, 6.07) is 4.43. The SMILES string of the molecule is CNc1ncc(F)c(Oc2c(C)cccc2[N+](=O)[O-])n1. The molecule has 7 nitrogen and oxygen atoms in total. The molecule has 0 fully saturated rings. The lowest BCUT2D eigenvalue weighted by molar-refractivity contribution is -0.385. The van der Waals surface area contributed by atoms with Crippen LogP contribution in [0.5, 0.6) is 11.6 Å². The Kier molecular flexibility index (Phi) is 3.74. The van der Waals surface area contributed by atoms with E-state index in [4.69, 9.17) is 4.74 Å². The van der Waals surface area contributed by atoms with E-state index in [9.17, 15) is 14.5 Å². The Bertz CT molecular complexity index is 663. The van der Waals surface area contributed by atoms with E-state index < -0.39 is 10.7 Å². The van der Waals surface area contributed by atoms with Gasteiger partial charge in [0.2, 0.25) is 17.5 Å². The second-order valence-corrected chi connectivity index (χ2v) is 3.88. The number of nitrogens with zero attached hydrogens (tertiary/aromatic N) is 3. The topological polar surface area (TPSA) is 90.2 Å².